The fourth-order valence-corrected chi connectivity index (χ4v) is 3.59. The van der Waals surface area contributed by atoms with Crippen LogP contribution in [-0.4, -0.2) is 33.0 Å². The van der Waals surface area contributed by atoms with Gasteiger partial charge in [0, 0.05) is 7.11 Å². The first-order valence-electron chi connectivity index (χ1n) is 5.38. The van der Waals surface area contributed by atoms with Crippen molar-refractivity contribution in [1.29, 1.82) is 0 Å². The number of hydrogen-bond donors (Lipinski definition) is 1. The minimum atomic E-state index is -0.321. The van der Waals surface area contributed by atoms with Gasteiger partial charge in [0.2, 0.25) is 8.77 Å². The Morgan fingerprint density at radius 2 is 1.89 bits per heavy atom. The predicted molar refractivity (Wildman–Crippen MR) is 91.3 cm³/mol. The molecule has 0 aromatic carbocycles. The van der Waals surface area contributed by atoms with Crippen LogP contribution in [0.1, 0.15) is 20.8 Å². The number of methoxy groups -OCH3 is 1. The second-order valence-electron chi connectivity index (χ2n) is 4.17. The Kier molecular flexibility index (Phi) is 9.81. The Hall–Kier alpha value is -0.0200. The SMILES string of the molecule is C=CNCOC(=S)SC(OC)SC(=S)OC(C)(C)C. The van der Waals surface area contributed by atoms with Gasteiger partial charge in [-0.25, -0.2) is 0 Å². The minimum absolute atomic E-state index is 0.277. The molecule has 4 nitrogen and oxygen atoms in total. The maximum absolute atomic E-state index is 5.54. The lowest BCUT2D eigenvalue weighted by Gasteiger charge is -2.23. The van der Waals surface area contributed by atoms with Crippen molar-refractivity contribution in [1.82, 2.24) is 5.32 Å². The van der Waals surface area contributed by atoms with Crippen LogP contribution in [0.15, 0.2) is 12.8 Å². The molecule has 0 aliphatic rings. The van der Waals surface area contributed by atoms with E-state index in [4.69, 9.17) is 38.6 Å². The molecule has 19 heavy (non-hydrogen) atoms. The van der Waals surface area contributed by atoms with E-state index in [0.29, 0.717) is 8.77 Å². The molecule has 0 rings (SSSR count). The highest BCUT2D eigenvalue weighted by Gasteiger charge is 2.20. The van der Waals surface area contributed by atoms with Crippen LogP contribution in [0.3, 0.4) is 0 Å². The van der Waals surface area contributed by atoms with Crippen LogP contribution < -0.4 is 5.32 Å². The van der Waals surface area contributed by atoms with E-state index in [1.54, 1.807) is 7.11 Å². The van der Waals surface area contributed by atoms with Crippen molar-refractivity contribution in [2.24, 2.45) is 0 Å². The average molecular weight is 342 g/mol. The van der Waals surface area contributed by atoms with Gasteiger partial charge in [-0.15, -0.1) is 0 Å². The van der Waals surface area contributed by atoms with Gasteiger partial charge < -0.3 is 19.5 Å². The largest absolute Gasteiger partial charge is 0.473 e. The van der Waals surface area contributed by atoms with Crippen LogP contribution in [0.2, 0.25) is 0 Å². The zero-order valence-corrected chi connectivity index (χ0v) is 14.7. The van der Waals surface area contributed by atoms with Crippen molar-refractivity contribution in [2.75, 3.05) is 13.8 Å². The van der Waals surface area contributed by atoms with Gasteiger partial charge in [-0.3, -0.25) is 0 Å². The Morgan fingerprint density at radius 3 is 2.37 bits per heavy atom. The summed E-state index contributed by atoms with van der Waals surface area (Å²) in [7, 11) is 1.58. The number of thiocarbonyl (C=S) groups is 2. The van der Waals surface area contributed by atoms with Gasteiger partial charge in [-0.2, -0.15) is 0 Å². The van der Waals surface area contributed by atoms with E-state index in [9.17, 15) is 0 Å². The van der Waals surface area contributed by atoms with E-state index in [-0.39, 0.29) is 17.1 Å². The number of ether oxygens (including phenoxy) is 3. The van der Waals surface area contributed by atoms with Gasteiger partial charge in [0.05, 0.1) is 0 Å². The average Bonchev–Trinajstić information content (AvgIpc) is 2.25. The monoisotopic (exact) mass is 341 g/mol. The maximum atomic E-state index is 5.54. The van der Waals surface area contributed by atoms with Crippen molar-refractivity contribution in [2.45, 2.75) is 31.1 Å². The van der Waals surface area contributed by atoms with Gasteiger partial charge in [0.25, 0.3) is 0 Å². The lowest BCUT2D eigenvalue weighted by Crippen LogP contribution is -2.23. The molecule has 0 saturated heterocycles. The lowest BCUT2D eigenvalue weighted by atomic mass is 10.2. The van der Waals surface area contributed by atoms with Crippen LogP contribution in [0.25, 0.3) is 0 Å². The van der Waals surface area contributed by atoms with Crippen LogP contribution in [0.4, 0.5) is 0 Å². The first kappa shape index (κ1) is 19.0. The van der Waals surface area contributed by atoms with E-state index < -0.39 is 0 Å². The Morgan fingerprint density at radius 1 is 1.32 bits per heavy atom. The third kappa shape index (κ3) is 11.5. The van der Waals surface area contributed by atoms with Gasteiger partial charge in [0.1, 0.15) is 5.60 Å². The zero-order valence-electron chi connectivity index (χ0n) is 11.4. The molecule has 0 aromatic heterocycles. The van der Waals surface area contributed by atoms with Gasteiger partial charge in [0.15, 0.2) is 11.5 Å². The van der Waals surface area contributed by atoms with Crippen molar-refractivity contribution < 1.29 is 14.2 Å². The number of thioether (sulfide) groups is 2. The normalized spacial score (nSPS) is 12.4. The number of hydrogen-bond acceptors (Lipinski definition) is 8. The molecule has 1 unspecified atom stereocenters. The molecule has 0 spiro atoms. The Bertz CT molecular complexity index is 318. The summed E-state index contributed by atoms with van der Waals surface area (Å²) in [6, 6.07) is 0. The molecule has 0 bridgehead atoms. The second-order valence-corrected chi connectivity index (χ2v) is 7.80. The predicted octanol–water partition coefficient (Wildman–Crippen LogP) is 3.47. The zero-order chi connectivity index (χ0) is 14.9. The summed E-state index contributed by atoms with van der Waals surface area (Å²) < 4.78 is 16.5. The minimum Gasteiger partial charge on any atom is -0.473 e. The van der Waals surface area contributed by atoms with Crippen molar-refractivity contribution in [3.8, 4) is 0 Å². The summed E-state index contributed by atoms with van der Waals surface area (Å²) in [5.41, 5.74) is -0.321. The number of rotatable bonds is 6. The molecule has 1 N–H and O–H groups in total. The van der Waals surface area contributed by atoms with Crippen molar-refractivity contribution >= 4 is 56.7 Å². The first-order valence-corrected chi connectivity index (χ1v) is 7.96. The van der Waals surface area contributed by atoms with Gasteiger partial charge in [-0.05, 0) is 74.9 Å². The topological polar surface area (TPSA) is 39.7 Å². The van der Waals surface area contributed by atoms with Crippen LogP contribution in [0, 0.1) is 0 Å². The molecule has 1 atom stereocenters. The van der Waals surface area contributed by atoms with Crippen LogP contribution in [-0.2, 0) is 14.2 Å². The molecule has 0 aromatic rings. The van der Waals surface area contributed by atoms with E-state index in [1.165, 1.54) is 29.7 Å². The highest BCUT2D eigenvalue weighted by atomic mass is 32.2. The van der Waals surface area contributed by atoms with Crippen LogP contribution in [0.5, 0.6) is 0 Å². The second kappa shape index (κ2) is 9.82. The van der Waals surface area contributed by atoms with Crippen molar-refractivity contribution in [3.05, 3.63) is 12.8 Å². The third-order valence-corrected chi connectivity index (χ3v) is 4.10. The standard InChI is InChI=1S/C11H19NO3S4/c1-6-12-7-14-8(16)18-10(13-5)19-9(17)15-11(2,3)4/h6,10,12H,1,7H2,2-5H3. The summed E-state index contributed by atoms with van der Waals surface area (Å²) in [6.45, 7) is 9.58. The maximum Gasteiger partial charge on any atom is 0.225 e. The summed E-state index contributed by atoms with van der Waals surface area (Å²) in [4.78, 5) is 0. The smallest absolute Gasteiger partial charge is 0.225 e. The molecule has 8 heteroatoms. The van der Waals surface area contributed by atoms with E-state index in [1.807, 2.05) is 20.8 Å². The summed E-state index contributed by atoms with van der Waals surface area (Å²) in [6.07, 6.45) is 1.53. The highest BCUT2D eigenvalue weighted by Crippen LogP contribution is 2.29. The number of nitrogens with one attached hydrogen (secondary N) is 1. The molecule has 0 aliphatic heterocycles. The molecule has 0 amide bonds. The Labute approximate surface area is 134 Å². The summed E-state index contributed by atoms with van der Waals surface area (Å²) in [5, 5.41) is 2.79. The molecule has 0 radical (unpaired) electrons. The fraction of sp³-hybridized carbons (Fsp3) is 0.636. The molecular formula is C11H19NO3S4. The van der Waals surface area contributed by atoms with E-state index in [2.05, 4.69) is 11.9 Å². The Balaban J connectivity index is 4.10. The quantitative estimate of drug-likeness (QED) is 0.447. The lowest BCUT2D eigenvalue weighted by molar-refractivity contribution is 0.127. The van der Waals surface area contributed by atoms with Crippen LogP contribution >= 0.6 is 48.0 Å². The van der Waals surface area contributed by atoms with Gasteiger partial charge >= 0.3 is 0 Å². The third-order valence-electron chi connectivity index (χ3n) is 1.38. The van der Waals surface area contributed by atoms with E-state index in [0.717, 1.165) is 0 Å². The summed E-state index contributed by atoms with van der Waals surface area (Å²) >= 11 is 12.7. The van der Waals surface area contributed by atoms with E-state index >= 15 is 0 Å². The van der Waals surface area contributed by atoms with Gasteiger partial charge in [-0.1, -0.05) is 6.58 Å². The molecule has 0 aliphatic carbocycles. The first-order chi connectivity index (χ1) is 8.78. The molecular weight excluding hydrogens is 322 g/mol. The fourth-order valence-electron chi connectivity index (χ4n) is 0.745. The molecule has 0 heterocycles. The highest BCUT2D eigenvalue weighted by molar-refractivity contribution is 8.35. The molecule has 0 saturated carbocycles. The molecule has 0 fully saturated rings. The van der Waals surface area contributed by atoms with Crippen molar-refractivity contribution in [3.63, 3.8) is 0 Å². The molecule has 110 valence electrons. The summed E-state index contributed by atoms with van der Waals surface area (Å²) in [5.74, 6) is 0.